The van der Waals surface area contributed by atoms with Gasteiger partial charge in [-0.05, 0) is 28.1 Å². The van der Waals surface area contributed by atoms with Crippen LogP contribution in [0.5, 0.6) is 0 Å². The van der Waals surface area contributed by atoms with Crippen molar-refractivity contribution >= 4 is 27.6 Å². The van der Waals surface area contributed by atoms with E-state index in [1.54, 1.807) is 26.8 Å². The fourth-order valence-electron chi connectivity index (χ4n) is 1.23. The van der Waals surface area contributed by atoms with Gasteiger partial charge in [-0.1, -0.05) is 26.8 Å². The Bertz CT molecular complexity index is 460. The number of Topliss-reactive ketones (excluding diaryl/α,β-unsaturated/α-hetero) is 1. The lowest BCUT2D eigenvalue weighted by molar-refractivity contribution is -0.125. The number of nitrogens with one attached hydrogen (secondary N) is 1. The van der Waals surface area contributed by atoms with Crippen LogP contribution in [0.4, 0.5) is 4.39 Å². The highest BCUT2D eigenvalue weighted by molar-refractivity contribution is 9.10. The number of carbonyl (C=O) groups excluding carboxylic acids is 2. The van der Waals surface area contributed by atoms with Crippen molar-refractivity contribution in [2.45, 2.75) is 20.8 Å². The molecule has 0 saturated heterocycles. The number of hydrogen-bond donors (Lipinski definition) is 1. The Labute approximate surface area is 114 Å². The van der Waals surface area contributed by atoms with Crippen LogP contribution in [0.2, 0.25) is 0 Å². The Kier molecular flexibility index (Phi) is 4.62. The van der Waals surface area contributed by atoms with Crippen LogP contribution in [-0.4, -0.2) is 18.2 Å². The standard InChI is InChI=1S/C13H15BrFNO2/c1-13(2,3)10(17)7-16-12(18)11-8(14)5-4-6-9(11)15/h4-6H,7H2,1-3H3,(H,16,18). The van der Waals surface area contributed by atoms with Crippen LogP contribution in [0.1, 0.15) is 31.1 Å². The average molecular weight is 316 g/mol. The van der Waals surface area contributed by atoms with E-state index in [0.717, 1.165) is 0 Å². The lowest BCUT2D eigenvalue weighted by Crippen LogP contribution is -2.35. The van der Waals surface area contributed by atoms with Crippen molar-refractivity contribution in [3.63, 3.8) is 0 Å². The van der Waals surface area contributed by atoms with Crippen molar-refractivity contribution in [3.8, 4) is 0 Å². The molecule has 0 spiro atoms. The number of rotatable bonds is 3. The third kappa shape index (κ3) is 3.63. The Morgan fingerprint density at radius 3 is 2.44 bits per heavy atom. The molecule has 0 aliphatic carbocycles. The maximum absolute atomic E-state index is 13.5. The van der Waals surface area contributed by atoms with Crippen LogP contribution >= 0.6 is 15.9 Å². The first-order valence-electron chi connectivity index (χ1n) is 5.49. The molecule has 3 nitrogen and oxygen atoms in total. The van der Waals surface area contributed by atoms with Gasteiger partial charge >= 0.3 is 0 Å². The van der Waals surface area contributed by atoms with E-state index < -0.39 is 17.1 Å². The van der Waals surface area contributed by atoms with Crippen molar-refractivity contribution in [2.75, 3.05) is 6.54 Å². The largest absolute Gasteiger partial charge is 0.345 e. The molecule has 0 aliphatic heterocycles. The molecule has 98 valence electrons. The highest BCUT2D eigenvalue weighted by Crippen LogP contribution is 2.19. The van der Waals surface area contributed by atoms with Gasteiger partial charge in [0.15, 0.2) is 5.78 Å². The zero-order chi connectivity index (χ0) is 13.9. The van der Waals surface area contributed by atoms with Gasteiger partial charge in [0.25, 0.3) is 5.91 Å². The predicted octanol–water partition coefficient (Wildman–Crippen LogP) is 2.93. The number of hydrogen-bond acceptors (Lipinski definition) is 2. The van der Waals surface area contributed by atoms with E-state index in [4.69, 9.17) is 0 Å². The minimum atomic E-state index is -0.620. The van der Waals surface area contributed by atoms with E-state index in [9.17, 15) is 14.0 Å². The van der Waals surface area contributed by atoms with Crippen molar-refractivity contribution in [1.29, 1.82) is 0 Å². The highest BCUT2D eigenvalue weighted by Gasteiger charge is 2.22. The topological polar surface area (TPSA) is 46.2 Å². The normalized spacial score (nSPS) is 11.2. The summed E-state index contributed by atoms with van der Waals surface area (Å²) in [4.78, 5) is 23.4. The van der Waals surface area contributed by atoms with E-state index in [2.05, 4.69) is 21.2 Å². The van der Waals surface area contributed by atoms with Gasteiger partial charge in [0.2, 0.25) is 0 Å². The van der Waals surface area contributed by atoms with Crippen molar-refractivity contribution in [2.24, 2.45) is 5.41 Å². The number of benzene rings is 1. The van der Waals surface area contributed by atoms with Crippen molar-refractivity contribution < 1.29 is 14.0 Å². The highest BCUT2D eigenvalue weighted by atomic mass is 79.9. The minimum absolute atomic E-state index is 0.0841. The smallest absolute Gasteiger partial charge is 0.255 e. The molecule has 1 N–H and O–H groups in total. The van der Waals surface area contributed by atoms with Gasteiger partial charge in [-0.3, -0.25) is 9.59 Å². The molecule has 1 rings (SSSR count). The first kappa shape index (κ1) is 14.8. The average Bonchev–Trinajstić information content (AvgIpc) is 2.24. The molecular formula is C13H15BrFNO2. The molecule has 0 bridgehead atoms. The molecule has 0 aromatic heterocycles. The molecule has 0 saturated carbocycles. The maximum atomic E-state index is 13.5. The quantitative estimate of drug-likeness (QED) is 0.932. The maximum Gasteiger partial charge on any atom is 0.255 e. The first-order valence-corrected chi connectivity index (χ1v) is 6.28. The second-order valence-electron chi connectivity index (χ2n) is 4.95. The van der Waals surface area contributed by atoms with E-state index in [1.807, 2.05) is 0 Å². The monoisotopic (exact) mass is 315 g/mol. The molecule has 1 amide bonds. The number of carbonyl (C=O) groups is 2. The Morgan fingerprint density at radius 1 is 1.33 bits per heavy atom. The molecule has 0 fully saturated rings. The molecule has 0 heterocycles. The Morgan fingerprint density at radius 2 is 1.94 bits per heavy atom. The fraction of sp³-hybridized carbons (Fsp3) is 0.385. The van der Waals surface area contributed by atoms with Crippen LogP contribution in [0, 0.1) is 11.2 Å². The second-order valence-corrected chi connectivity index (χ2v) is 5.81. The molecule has 5 heteroatoms. The van der Waals surface area contributed by atoms with E-state index in [0.29, 0.717) is 4.47 Å². The summed E-state index contributed by atoms with van der Waals surface area (Å²) in [6, 6.07) is 4.27. The summed E-state index contributed by atoms with van der Waals surface area (Å²) in [6.45, 7) is 5.19. The summed E-state index contributed by atoms with van der Waals surface area (Å²) in [7, 11) is 0. The van der Waals surface area contributed by atoms with Gasteiger partial charge in [0.1, 0.15) is 5.82 Å². The first-order chi connectivity index (χ1) is 8.23. The Hall–Kier alpha value is -1.23. The summed E-state index contributed by atoms with van der Waals surface area (Å²) >= 11 is 3.11. The number of amides is 1. The molecule has 18 heavy (non-hydrogen) atoms. The zero-order valence-corrected chi connectivity index (χ0v) is 12.1. The zero-order valence-electron chi connectivity index (χ0n) is 10.5. The summed E-state index contributed by atoms with van der Waals surface area (Å²) in [5.74, 6) is -1.33. The van der Waals surface area contributed by atoms with Gasteiger partial charge in [-0.15, -0.1) is 0 Å². The number of ketones is 1. The fourth-order valence-corrected chi connectivity index (χ4v) is 1.75. The lowest BCUT2D eigenvalue weighted by Gasteiger charge is -2.17. The lowest BCUT2D eigenvalue weighted by atomic mass is 9.91. The van der Waals surface area contributed by atoms with Gasteiger partial charge in [0.05, 0.1) is 12.1 Å². The van der Waals surface area contributed by atoms with Crippen LogP contribution in [0.3, 0.4) is 0 Å². The Balaban J connectivity index is 2.76. The minimum Gasteiger partial charge on any atom is -0.345 e. The number of halogens is 2. The van der Waals surface area contributed by atoms with Crippen LogP contribution in [-0.2, 0) is 4.79 Å². The molecule has 1 aromatic carbocycles. The van der Waals surface area contributed by atoms with Crippen LogP contribution < -0.4 is 5.32 Å². The van der Waals surface area contributed by atoms with Crippen LogP contribution in [0.25, 0.3) is 0 Å². The summed E-state index contributed by atoms with van der Waals surface area (Å²) < 4.78 is 13.8. The molecular weight excluding hydrogens is 301 g/mol. The van der Waals surface area contributed by atoms with Crippen molar-refractivity contribution in [3.05, 3.63) is 34.1 Å². The second kappa shape index (κ2) is 5.61. The van der Waals surface area contributed by atoms with E-state index in [1.165, 1.54) is 12.1 Å². The third-order valence-corrected chi connectivity index (χ3v) is 3.10. The van der Waals surface area contributed by atoms with Gasteiger partial charge in [-0.25, -0.2) is 4.39 Å². The molecule has 0 radical (unpaired) electrons. The SMILES string of the molecule is CC(C)(C)C(=O)CNC(=O)c1c(F)cccc1Br. The summed E-state index contributed by atoms with van der Waals surface area (Å²) in [5.41, 5.74) is -0.612. The van der Waals surface area contributed by atoms with Crippen molar-refractivity contribution in [1.82, 2.24) is 5.32 Å². The molecule has 0 aliphatic rings. The van der Waals surface area contributed by atoms with E-state index >= 15 is 0 Å². The van der Waals surface area contributed by atoms with Crippen LogP contribution in [0.15, 0.2) is 22.7 Å². The summed E-state index contributed by atoms with van der Waals surface area (Å²) in [6.07, 6.45) is 0. The predicted molar refractivity (Wildman–Crippen MR) is 70.9 cm³/mol. The third-order valence-electron chi connectivity index (χ3n) is 2.44. The summed E-state index contributed by atoms with van der Waals surface area (Å²) in [5, 5.41) is 2.43. The van der Waals surface area contributed by atoms with Gasteiger partial charge in [0, 0.05) is 9.89 Å². The molecule has 0 unspecified atom stereocenters. The van der Waals surface area contributed by atoms with Gasteiger partial charge in [-0.2, -0.15) is 0 Å². The van der Waals surface area contributed by atoms with Gasteiger partial charge < -0.3 is 5.32 Å². The molecule has 0 atom stereocenters. The molecule has 1 aromatic rings. The van der Waals surface area contributed by atoms with E-state index in [-0.39, 0.29) is 17.9 Å².